The maximum Gasteiger partial charge on any atom is 0.416 e. The summed E-state index contributed by atoms with van der Waals surface area (Å²) in [5.41, 5.74) is 3.41. The normalized spacial score (nSPS) is 13.2. The quantitative estimate of drug-likeness (QED) is 0.670. The number of benzene rings is 1. The standard InChI is InChI=1S/C14H13ClF3N3/c15-12-8-20-6-5-11(12)13(21-19)7-9-1-3-10(4-2-9)14(16,17)18/h1-6,8,13,21H,7,19H2. The molecule has 0 aliphatic heterocycles. The minimum Gasteiger partial charge on any atom is -0.271 e. The fourth-order valence-corrected chi connectivity index (χ4v) is 2.24. The number of nitrogens with two attached hydrogens (primary N) is 1. The first-order valence-electron chi connectivity index (χ1n) is 6.13. The molecule has 0 aliphatic carbocycles. The second kappa shape index (κ2) is 6.43. The number of hydrogen-bond donors (Lipinski definition) is 2. The molecule has 1 heterocycles. The van der Waals surface area contributed by atoms with Crippen LogP contribution in [0.4, 0.5) is 13.2 Å². The summed E-state index contributed by atoms with van der Waals surface area (Å²) >= 11 is 6.04. The minimum atomic E-state index is -4.33. The van der Waals surface area contributed by atoms with Gasteiger partial charge in [0.15, 0.2) is 0 Å². The first-order chi connectivity index (χ1) is 9.91. The van der Waals surface area contributed by atoms with Crippen molar-refractivity contribution < 1.29 is 13.2 Å². The summed E-state index contributed by atoms with van der Waals surface area (Å²) in [7, 11) is 0. The van der Waals surface area contributed by atoms with E-state index in [0.29, 0.717) is 11.4 Å². The van der Waals surface area contributed by atoms with Crippen molar-refractivity contribution in [2.24, 2.45) is 5.84 Å². The predicted octanol–water partition coefficient (Wildman–Crippen LogP) is 3.50. The van der Waals surface area contributed by atoms with Crippen molar-refractivity contribution in [1.82, 2.24) is 10.4 Å². The number of aromatic nitrogens is 1. The van der Waals surface area contributed by atoms with Crippen LogP contribution in [0.1, 0.15) is 22.7 Å². The number of rotatable bonds is 4. The van der Waals surface area contributed by atoms with Crippen LogP contribution in [-0.4, -0.2) is 4.98 Å². The molecule has 2 aromatic rings. The van der Waals surface area contributed by atoms with Crippen LogP contribution in [0.15, 0.2) is 42.7 Å². The molecule has 0 bridgehead atoms. The molecule has 1 atom stereocenters. The summed E-state index contributed by atoms with van der Waals surface area (Å²) in [6.07, 6.45) is -0.844. The summed E-state index contributed by atoms with van der Waals surface area (Å²) in [5.74, 6) is 5.51. The zero-order valence-electron chi connectivity index (χ0n) is 10.9. The lowest BCUT2D eigenvalue weighted by atomic mass is 9.99. The molecule has 2 rings (SSSR count). The number of pyridine rings is 1. The molecular weight excluding hydrogens is 303 g/mol. The van der Waals surface area contributed by atoms with E-state index in [0.717, 1.165) is 23.3 Å². The van der Waals surface area contributed by atoms with E-state index >= 15 is 0 Å². The maximum atomic E-state index is 12.5. The number of nitrogens with zero attached hydrogens (tertiary/aromatic N) is 1. The molecule has 0 aliphatic rings. The van der Waals surface area contributed by atoms with Crippen LogP contribution in [-0.2, 0) is 12.6 Å². The van der Waals surface area contributed by atoms with Crippen LogP contribution in [0.25, 0.3) is 0 Å². The van der Waals surface area contributed by atoms with Crippen molar-refractivity contribution in [3.05, 3.63) is 64.4 Å². The minimum absolute atomic E-state index is 0.308. The molecule has 3 nitrogen and oxygen atoms in total. The third-order valence-corrected chi connectivity index (χ3v) is 3.42. The molecule has 0 radical (unpaired) electrons. The Morgan fingerprint density at radius 3 is 2.38 bits per heavy atom. The second-order valence-electron chi connectivity index (χ2n) is 4.52. The summed E-state index contributed by atoms with van der Waals surface area (Å²) in [5, 5.41) is 0.451. The summed E-state index contributed by atoms with van der Waals surface area (Å²) in [4.78, 5) is 3.88. The van der Waals surface area contributed by atoms with Gasteiger partial charge >= 0.3 is 6.18 Å². The Kier molecular flexibility index (Phi) is 4.82. The van der Waals surface area contributed by atoms with Gasteiger partial charge in [-0.2, -0.15) is 13.2 Å². The van der Waals surface area contributed by atoms with E-state index in [1.54, 1.807) is 12.3 Å². The van der Waals surface area contributed by atoms with Gasteiger partial charge < -0.3 is 0 Å². The zero-order chi connectivity index (χ0) is 15.5. The first-order valence-corrected chi connectivity index (χ1v) is 6.51. The van der Waals surface area contributed by atoms with E-state index in [-0.39, 0.29) is 6.04 Å². The molecule has 3 N–H and O–H groups in total. The van der Waals surface area contributed by atoms with Crippen LogP contribution >= 0.6 is 11.6 Å². The molecule has 21 heavy (non-hydrogen) atoms. The SMILES string of the molecule is NNC(Cc1ccc(C(F)(F)F)cc1)c1ccncc1Cl. The van der Waals surface area contributed by atoms with Crippen LogP contribution < -0.4 is 11.3 Å². The van der Waals surface area contributed by atoms with Gasteiger partial charge in [0, 0.05) is 12.4 Å². The van der Waals surface area contributed by atoms with E-state index in [1.807, 2.05) is 0 Å². The van der Waals surface area contributed by atoms with Gasteiger partial charge in [0.05, 0.1) is 16.6 Å². The van der Waals surface area contributed by atoms with Gasteiger partial charge in [-0.25, -0.2) is 0 Å². The molecule has 7 heteroatoms. The van der Waals surface area contributed by atoms with Crippen molar-refractivity contribution in [3.8, 4) is 0 Å². The number of halogens is 4. The van der Waals surface area contributed by atoms with Crippen LogP contribution in [0.2, 0.25) is 5.02 Å². The maximum absolute atomic E-state index is 12.5. The van der Waals surface area contributed by atoms with Gasteiger partial charge in [-0.05, 0) is 35.7 Å². The fourth-order valence-electron chi connectivity index (χ4n) is 1.99. The zero-order valence-corrected chi connectivity index (χ0v) is 11.6. The molecule has 0 spiro atoms. The smallest absolute Gasteiger partial charge is 0.271 e. The number of hydrazine groups is 1. The monoisotopic (exact) mass is 315 g/mol. The van der Waals surface area contributed by atoms with Crippen molar-refractivity contribution in [2.45, 2.75) is 18.6 Å². The highest BCUT2D eigenvalue weighted by Crippen LogP contribution is 2.30. The average Bonchev–Trinajstić information content (AvgIpc) is 2.45. The highest BCUT2D eigenvalue weighted by atomic mass is 35.5. The number of hydrogen-bond acceptors (Lipinski definition) is 3. The number of alkyl halides is 3. The first kappa shape index (κ1) is 15.8. The third kappa shape index (κ3) is 3.93. The van der Waals surface area contributed by atoms with Crippen molar-refractivity contribution in [3.63, 3.8) is 0 Å². The lowest BCUT2D eigenvalue weighted by molar-refractivity contribution is -0.137. The van der Waals surface area contributed by atoms with E-state index in [1.165, 1.54) is 18.3 Å². The van der Waals surface area contributed by atoms with Gasteiger partial charge in [0.1, 0.15) is 0 Å². The third-order valence-electron chi connectivity index (χ3n) is 3.10. The van der Waals surface area contributed by atoms with Crippen LogP contribution in [0.3, 0.4) is 0 Å². The summed E-state index contributed by atoms with van der Waals surface area (Å²) < 4.78 is 37.5. The number of nitrogens with one attached hydrogen (secondary N) is 1. The van der Waals surface area contributed by atoms with Crippen molar-refractivity contribution >= 4 is 11.6 Å². The van der Waals surface area contributed by atoms with Crippen LogP contribution in [0, 0.1) is 0 Å². The van der Waals surface area contributed by atoms with Gasteiger partial charge in [-0.3, -0.25) is 16.3 Å². The van der Waals surface area contributed by atoms with Crippen molar-refractivity contribution in [1.29, 1.82) is 0 Å². The molecule has 1 aromatic carbocycles. The Hall–Kier alpha value is -1.63. The van der Waals surface area contributed by atoms with E-state index < -0.39 is 11.7 Å². The Morgan fingerprint density at radius 2 is 1.86 bits per heavy atom. The lowest BCUT2D eigenvalue weighted by Gasteiger charge is -2.18. The average molecular weight is 316 g/mol. The van der Waals surface area contributed by atoms with E-state index in [9.17, 15) is 13.2 Å². The highest BCUT2D eigenvalue weighted by molar-refractivity contribution is 6.31. The molecule has 0 saturated heterocycles. The Labute approximate surface area is 124 Å². The van der Waals surface area contributed by atoms with Crippen molar-refractivity contribution in [2.75, 3.05) is 0 Å². The topological polar surface area (TPSA) is 50.9 Å². The molecule has 112 valence electrons. The van der Waals surface area contributed by atoms with Gasteiger partial charge in [0.25, 0.3) is 0 Å². The molecule has 1 unspecified atom stereocenters. The molecule has 0 saturated carbocycles. The Morgan fingerprint density at radius 1 is 1.19 bits per heavy atom. The van der Waals surface area contributed by atoms with E-state index in [4.69, 9.17) is 17.4 Å². The summed E-state index contributed by atoms with van der Waals surface area (Å²) in [6.45, 7) is 0. The molecule has 0 fully saturated rings. The molecule has 0 amide bonds. The van der Waals surface area contributed by atoms with Gasteiger partial charge in [-0.1, -0.05) is 23.7 Å². The Bertz CT molecular complexity index is 599. The second-order valence-corrected chi connectivity index (χ2v) is 4.92. The largest absolute Gasteiger partial charge is 0.416 e. The molecular formula is C14H13ClF3N3. The fraction of sp³-hybridized carbons (Fsp3) is 0.214. The highest BCUT2D eigenvalue weighted by Gasteiger charge is 2.30. The molecule has 1 aromatic heterocycles. The van der Waals surface area contributed by atoms with Gasteiger partial charge in [-0.15, -0.1) is 0 Å². The lowest BCUT2D eigenvalue weighted by Crippen LogP contribution is -2.29. The van der Waals surface area contributed by atoms with Gasteiger partial charge in [0.2, 0.25) is 0 Å². The Balaban J connectivity index is 2.18. The van der Waals surface area contributed by atoms with Crippen LogP contribution in [0.5, 0.6) is 0 Å². The summed E-state index contributed by atoms with van der Waals surface area (Å²) in [6, 6.07) is 6.38. The van der Waals surface area contributed by atoms with E-state index in [2.05, 4.69) is 10.4 Å². The predicted molar refractivity (Wildman–Crippen MR) is 74.5 cm³/mol.